The molecule has 1 aliphatic carbocycles. The van der Waals surface area contributed by atoms with Crippen molar-refractivity contribution >= 4 is 5.78 Å². The maximum atomic E-state index is 12.2. The maximum absolute atomic E-state index is 12.2. The first-order valence-corrected chi connectivity index (χ1v) is 6.43. The minimum atomic E-state index is 0.176. The van der Waals surface area contributed by atoms with E-state index in [1.165, 1.54) is 11.1 Å². The Hall–Kier alpha value is -1.83. The van der Waals surface area contributed by atoms with Crippen molar-refractivity contribution in [1.82, 2.24) is 0 Å². The van der Waals surface area contributed by atoms with E-state index < -0.39 is 0 Å². The summed E-state index contributed by atoms with van der Waals surface area (Å²) in [6, 6.07) is 10.3. The molecule has 1 heterocycles. The molecule has 0 spiro atoms. The Labute approximate surface area is 107 Å². The van der Waals surface area contributed by atoms with Crippen molar-refractivity contribution in [2.45, 2.75) is 25.7 Å². The first kappa shape index (κ1) is 11.3. The van der Waals surface area contributed by atoms with Crippen molar-refractivity contribution in [2.75, 3.05) is 0 Å². The van der Waals surface area contributed by atoms with E-state index in [9.17, 15) is 4.79 Å². The van der Waals surface area contributed by atoms with E-state index in [0.29, 0.717) is 12.2 Å². The normalized spacial score (nSPS) is 18.3. The number of rotatable bonds is 3. The summed E-state index contributed by atoms with van der Waals surface area (Å²) in [5.74, 6) is 0.515. The number of carbonyl (C=O) groups excluding carboxylic acids is 1. The van der Waals surface area contributed by atoms with Gasteiger partial charge in [-0.15, -0.1) is 0 Å². The number of benzene rings is 1. The average Bonchev–Trinajstić information content (AvgIpc) is 2.91. The zero-order chi connectivity index (χ0) is 12.4. The van der Waals surface area contributed by atoms with Crippen molar-refractivity contribution in [1.29, 1.82) is 0 Å². The van der Waals surface area contributed by atoms with Gasteiger partial charge in [0.2, 0.25) is 0 Å². The molecule has 0 bridgehead atoms. The van der Waals surface area contributed by atoms with E-state index in [1.54, 1.807) is 12.5 Å². The standard InChI is InChI=1S/C16H16O2/c17-16(9-12-7-8-18-11-12)15-6-5-13-3-1-2-4-14(13)10-15/h1-4,7-8,11,15H,5-6,9-10H2. The van der Waals surface area contributed by atoms with Crippen LogP contribution in [-0.2, 0) is 24.1 Å². The van der Waals surface area contributed by atoms with Crippen LogP contribution in [0.1, 0.15) is 23.1 Å². The summed E-state index contributed by atoms with van der Waals surface area (Å²) in [7, 11) is 0. The summed E-state index contributed by atoms with van der Waals surface area (Å²) in [4.78, 5) is 12.2. The summed E-state index contributed by atoms with van der Waals surface area (Å²) in [5.41, 5.74) is 3.73. The topological polar surface area (TPSA) is 30.2 Å². The smallest absolute Gasteiger partial charge is 0.140 e. The van der Waals surface area contributed by atoms with E-state index >= 15 is 0 Å². The van der Waals surface area contributed by atoms with Gasteiger partial charge in [0.25, 0.3) is 0 Å². The second-order valence-electron chi connectivity index (χ2n) is 4.98. The van der Waals surface area contributed by atoms with Crippen LogP contribution in [0.15, 0.2) is 47.3 Å². The number of hydrogen-bond acceptors (Lipinski definition) is 2. The fourth-order valence-electron chi connectivity index (χ4n) is 2.71. The van der Waals surface area contributed by atoms with Gasteiger partial charge in [-0.1, -0.05) is 24.3 Å². The highest BCUT2D eigenvalue weighted by molar-refractivity contribution is 5.83. The fraction of sp³-hybridized carbons (Fsp3) is 0.312. The number of Topliss-reactive ketones (excluding diaryl/α,β-unsaturated/α-hetero) is 1. The van der Waals surface area contributed by atoms with Gasteiger partial charge in [0, 0.05) is 12.3 Å². The lowest BCUT2D eigenvalue weighted by molar-refractivity contribution is -0.122. The second-order valence-corrected chi connectivity index (χ2v) is 4.98. The lowest BCUT2D eigenvalue weighted by Gasteiger charge is -2.23. The van der Waals surface area contributed by atoms with Gasteiger partial charge in [0.1, 0.15) is 5.78 Å². The molecule has 92 valence electrons. The summed E-state index contributed by atoms with van der Waals surface area (Å²) >= 11 is 0. The summed E-state index contributed by atoms with van der Waals surface area (Å²) in [5, 5.41) is 0. The molecule has 2 aromatic rings. The van der Waals surface area contributed by atoms with Gasteiger partial charge in [-0.05, 0) is 42.0 Å². The molecule has 0 N–H and O–H groups in total. The van der Waals surface area contributed by atoms with Crippen LogP contribution in [0, 0.1) is 5.92 Å². The SMILES string of the molecule is O=C(Cc1ccoc1)C1CCc2ccccc2C1. The molecule has 1 atom stereocenters. The quantitative estimate of drug-likeness (QED) is 0.824. The molecule has 0 saturated carbocycles. The molecule has 2 heteroatoms. The van der Waals surface area contributed by atoms with Gasteiger partial charge in [-0.2, -0.15) is 0 Å². The van der Waals surface area contributed by atoms with Crippen LogP contribution in [0.3, 0.4) is 0 Å². The molecule has 0 fully saturated rings. The molecule has 18 heavy (non-hydrogen) atoms. The third-order valence-corrected chi connectivity index (χ3v) is 3.76. The summed E-state index contributed by atoms with van der Waals surface area (Å²) in [6.45, 7) is 0. The minimum Gasteiger partial charge on any atom is -0.472 e. The van der Waals surface area contributed by atoms with Crippen molar-refractivity contribution < 1.29 is 9.21 Å². The molecular weight excluding hydrogens is 224 g/mol. The van der Waals surface area contributed by atoms with Crippen LogP contribution < -0.4 is 0 Å². The average molecular weight is 240 g/mol. The lowest BCUT2D eigenvalue weighted by atomic mass is 9.80. The third-order valence-electron chi connectivity index (χ3n) is 3.76. The van der Waals surface area contributed by atoms with Crippen molar-refractivity contribution in [2.24, 2.45) is 5.92 Å². The fourth-order valence-corrected chi connectivity index (χ4v) is 2.71. The Bertz CT molecular complexity index is 540. The number of fused-ring (bicyclic) bond motifs is 1. The Morgan fingerprint density at radius 1 is 1.22 bits per heavy atom. The molecule has 1 aromatic carbocycles. The van der Waals surface area contributed by atoms with Crippen LogP contribution in [-0.4, -0.2) is 5.78 Å². The van der Waals surface area contributed by atoms with Crippen LogP contribution in [0.2, 0.25) is 0 Å². The lowest BCUT2D eigenvalue weighted by Crippen LogP contribution is -2.23. The zero-order valence-corrected chi connectivity index (χ0v) is 10.3. The first-order valence-electron chi connectivity index (χ1n) is 6.43. The maximum Gasteiger partial charge on any atom is 0.140 e. The molecular formula is C16H16O2. The van der Waals surface area contributed by atoms with Crippen molar-refractivity contribution in [3.8, 4) is 0 Å². The third kappa shape index (κ3) is 2.23. The van der Waals surface area contributed by atoms with Crippen molar-refractivity contribution in [3.05, 3.63) is 59.5 Å². The highest BCUT2D eigenvalue weighted by Crippen LogP contribution is 2.26. The van der Waals surface area contributed by atoms with E-state index in [2.05, 4.69) is 24.3 Å². The van der Waals surface area contributed by atoms with E-state index in [-0.39, 0.29) is 5.92 Å². The van der Waals surface area contributed by atoms with E-state index in [0.717, 1.165) is 24.8 Å². The first-order chi connectivity index (χ1) is 8.83. The highest BCUT2D eigenvalue weighted by Gasteiger charge is 2.24. The summed E-state index contributed by atoms with van der Waals surface area (Å²) < 4.78 is 5.01. The van der Waals surface area contributed by atoms with Gasteiger partial charge >= 0.3 is 0 Å². The molecule has 1 aromatic heterocycles. The van der Waals surface area contributed by atoms with E-state index in [1.807, 2.05) is 6.07 Å². The molecule has 3 rings (SSSR count). The van der Waals surface area contributed by atoms with Crippen LogP contribution >= 0.6 is 0 Å². The largest absolute Gasteiger partial charge is 0.472 e. The van der Waals surface area contributed by atoms with Gasteiger partial charge in [-0.3, -0.25) is 4.79 Å². The molecule has 2 nitrogen and oxygen atoms in total. The predicted molar refractivity (Wildman–Crippen MR) is 69.4 cm³/mol. The Kier molecular flexibility index (Phi) is 3.01. The molecule has 0 aliphatic heterocycles. The molecule has 0 radical (unpaired) electrons. The van der Waals surface area contributed by atoms with E-state index in [4.69, 9.17) is 4.42 Å². The predicted octanol–water partition coefficient (Wildman–Crippen LogP) is 3.20. The Morgan fingerprint density at radius 3 is 2.83 bits per heavy atom. The highest BCUT2D eigenvalue weighted by atomic mass is 16.3. The number of furan rings is 1. The van der Waals surface area contributed by atoms with Crippen LogP contribution in [0.5, 0.6) is 0 Å². The molecule has 1 unspecified atom stereocenters. The van der Waals surface area contributed by atoms with Gasteiger partial charge in [0.05, 0.1) is 12.5 Å². The number of ketones is 1. The van der Waals surface area contributed by atoms with Crippen LogP contribution in [0.4, 0.5) is 0 Å². The molecule has 0 saturated heterocycles. The van der Waals surface area contributed by atoms with Crippen molar-refractivity contribution in [3.63, 3.8) is 0 Å². The number of aryl methyl sites for hydroxylation is 1. The second kappa shape index (κ2) is 4.81. The molecule has 1 aliphatic rings. The van der Waals surface area contributed by atoms with Crippen LogP contribution in [0.25, 0.3) is 0 Å². The zero-order valence-electron chi connectivity index (χ0n) is 10.3. The number of carbonyl (C=O) groups is 1. The minimum absolute atomic E-state index is 0.176. The summed E-state index contributed by atoms with van der Waals surface area (Å²) in [6.07, 6.45) is 6.69. The monoisotopic (exact) mass is 240 g/mol. The Balaban J connectivity index is 1.70. The Morgan fingerprint density at radius 2 is 2.06 bits per heavy atom. The van der Waals surface area contributed by atoms with Gasteiger partial charge in [0.15, 0.2) is 0 Å². The molecule has 0 amide bonds. The van der Waals surface area contributed by atoms with Gasteiger partial charge < -0.3 is 4.42 Å². The van der Waals surface area contributed by atoms with Gasteiger partial charge in [-0.25, -0.2) is 0 Å². The number of hydrogen-bond donors (Lipinski definition) is 0.